The Morgan fingerprint density at radius 1 is 0.778 bits per heavy atom. The highest BCUT2D eigenvalue weighted by molar-refractivity contribution is 5.61. The van der Waals surface area contributed by atoms with Gasteiger partial charge in [0.2, 0.25) is 0 Å². The van der Waals surface area contributed by atoms with Crippen molar-refractivity contribution in [2.75, 3.05) is 13.2 Å². The van der Waals surface area contributed by atoms with E-state index in [1.807, 2.05) is 30.5 Å². The van der Waals surface area contributed by atoms with Gasteiger partial charge in [-0.2, -0.15) is 0 Å². The maximum Gasteiger partial charge on any atom is 0.0873 e. The highest BCUT2D eigenvalue weighted by atomic mass is 16.5. The number of hydrogen-bond donors (Lipinski definition) is 1. The van der Waals surface area contributed by atoms with Gasteiger partial charge in [0, 0.05) is 18.4 Å². The van der Waals surface area contributed by atoms with Crippen LogP contribution in [0, 0.1) is 0 Å². The number of nitrogens with zero attached hydrogens (tertiary/aromatic N) is 1. The van der Waals surface area contributed by atoms with Gasteiger partial charge in [0.15, 0.2) is 0 Å². The number of benzene rings is 1. The molecule has 0 unspecified atom stereocenters. The van der Waals surface area contributed by atoms with Crippen LogP contribution in [0.1, 0.15) is 63.4 Å². The summed E-state index contributed by atoms with van der Waals surface area (Å²) >= 11 is 0. The third-order valence-corrected chi connectivity index (χ3v) is 4.65. The molecule has 2 aromatic rings. The van der Waals surface area contributed by atoms with Crippen molar-refractivity contribution in [3.05, 3.63) is 60.5 Å². The fourth-order valence-electron chi connectivity index (χ4n) is 3.03. The van der Waals surface area contributed by atoms with Gasteiger partial charge in [-0.25, -0.2) is 0 Å². The molecule has 0 saturated carbocycles. The molecule has 0 aliphatic heterocycles. The van der Waals surface area contributed by atoms with Gasteiger partial charge in [0.1, 0.15) is 0 Å². The molecular weight excluding hydrogens is 334 g/mol. The van der Waals surface area contributed by atoms with E-state index in [2.05, 4.69) is 29.2 Å². The van der Waals surface area contributed by atoms with Crippen LogP contribution in [-0.4, -0.2) is 23.3 Å². The zero-order valence-electron chi connectivity index (χ0n) is 16.4. The summed E-state index contributed by atoms with van der Waals surface area (Å²) in [4.78, 5) is 4.37. The topological polar surface area (TPSA) is 42.4 Å². The molecule has 0 aliphatic carbocycles. The lowest BCUT2D eigenvalue weighted by atomic mass is 10.1. The molecule has 0 bridgehead atoms. The van der Waals surface area contributed by atoms with E-state index in [0.29, 0.717) is 6.61 Å². The maximum atomic E-state index is 8.73. The average molecular weight is 368 g/mol. The molecule has 0 amide bonds. The minimum Gasteiger partial charge on any atom is -0.501 e. The Morgan fingerprint density at radius 2 is 1.44 bits per heavy atom. The van der Waals surface area contributed by atoms with Crippen molar-refractivity contribution < 1.29 is 9.84 Å². The third-order valence-electron chi connectivity index (χ3n) is 4.65. The fraction of sp³-hybridized carbons (Fsp3) is 0.458. The Bertz CT molecular complexity index is 623. The summed E-state index contributed by atoms with van der Waals surface area (Å²) in [7, 11) is 0. The number of ether oxygens (including phenoxy) is 1. The molecule has 3 nitrogen and oxygen atoms in total. The van der Waals surface area contributed by atoms with Crippen LogP contribution in [0.2, 0.25) is 0 Å². The normalized spacial score (nSPS) is 11.1. The smallest absolute Gasteiger partial charge is 0.0873 e. The first-order valence-electron chi connectivity index (χ1n) is 10.3. The Hall–Kier alpha value is -2.13. The van der Waals surface area contributed by atoms with E-state index in [1.165, 1.54) is 44.9 Å². The largest absolute Gasteiger partial charge is 0.501 e. The molecule has 146 valence electrons. The molecule has 2 rings (SSSR count). The van der Waals surface area contributed by atoms with Crippen LogP contribution in [0.25, 0.3) is 17.3 Å². The standard InChI is InChI=1S/C24H33NO2/c26-19-10-6-4-2-1-3-5-7-11-20-27-21-17-22-13-15-23(16-14-22)24-12-8-9-18-25-24/h8-9,12-18,21,26H,1-7,10-11,19-20H2/b21-17+. The van der Waals surface area contributed by atoms with Crippen molar-refractivity contribution in [2.24, 2.45) is 0 Å². The molecule has 0 aliphatic rings. The number of aliphatic hydroxyl groups excluding tert-OH is 1. The van der Waals surface area contributed by atoms with E-state index < -0.39 is 0 Å². The highest BCUT2D eigenvalue weighted by Gasteiger charge is 1.97. The van der Waals surface area contributed by atoms with Gasteiger partial charge in [0.05, 0.1) is 18.6 Å². The summed E-state index contributed by atoms with van der Waals surface area (Å²) in [5.41, 5.74) is 3.26. The molecule has 27 heavy (non-hydrogen) atoms. The van der Waals surface area contributed by atoms with Crippen LogP contribution in [0.5, 0.6) is 0 Å². The van der Waals surface area contributed by atoms with Gasteiger partial charge in [-0.05, 0) is 36.6 Å². The van der Waals surface area contributed by atoms with Gasteiger partial charge >= 0.3 is 0 Å². The zero-order chi connectivity index (χ0) is 19.0. The lowest BCUT2D eigenvalue weighted by Crippen LogP contribution is -1.88. The van der Waals surface area contributed by atoms with E-state index in [-0.39, 0.29) is 0 Å². The van der Waals surface area contributed by atoms with Crippen LogP contribution in [0.4, 0.5) is 0 Å². The van der Waals surface area contributed by atoms with Crippen molar-refractivity contribution in [2.45, 2.75) is 57.8 Å². The van der Waals surface area contributed by atoms with E-state index in [0.717, 1.165) is 36.3 Å². The molecule has 0 radical (unpaired) electrons. The monoisotopic (exact) mass is 367 g/mol. The molecule has 0 atom stereocenters. The Balaban J connectivity index is 1.50. The SMILES string of the molecule is OCCCCCCCCCCCO/C=C/c1ccc(-c2ccccn2)cc1. The number of aromatic nitrogens is 1. The van der Waals surface area contributed by atoms with E-state index in [4.69, 9.17) is 9.84 Å². The highest BCUT2D eigenvalue weighted by Crippen LogP contribution is 2.17. The maximum absolute atomic E-state index is 8.73. The van der Waals surface area contributed by atoms with Gasteiger partial charge in [0.25, 0.3) is 0 Å². The molecule has 0 saturated heterocycles. The van der Waals surface area contributed by atoms with Crippen LogP contribution < -0.4 is 0 Å². The van der Waals surface area contributed by atoms with Crippen LogP contribution in [0.15, 0.2) is 54.9 Å². The van der Waals surface area contributed by atoms with Gasteiger partial charge in [-0.1, -0.05) is 75.3 Å². The predicted molar refractivity (Wildman–Crippen MR) is 113 cm³/mol. The van der Waals surface area contributed by atoms with E-state index in [1.54, 1.807) is 6.26 Å². The molecule has 1 aromatic carbocycles. The minimum atomic E-state index is 0.338. The number of unbranched alkanes of at least 4 members (excludes halogenated alkanes) is 8. The lowest BCUT2D eigenvalue weighted by molar-refractivity contribution is 0.243. The Labute approximate surface area is 164 Å². The predicted octanol–water partition coefficient (Wildman–Crippen LogP) is 6.24. The minimum absolute atomic E-state index is 0.338. The van der Waals surface area contributed by atoms with Gasteiger partial charge in [-0.15, -0.1) is 0 Å². The lowest BCUT2D eigenvalue weighted by Gasteiger charge is -2.03. The molecule has 0 spiro atoms. The van der Waals surface area contributed by atoms with E-state index >= 15 is 0 Å². The number of aliphatic hydroxyl groups is 1. The van der Waals surface area contributed by atoms with Crippen molar-refractivity contribution in [3.63, 3.8) is 0 Å². The summed E-state index contributed by atoms with van der Waals surface area (Å²) in [5, 5.41) is 8.73. The first kappa shape index (κ1) is 21.2. The van der Waals surface area contributed by atoms with Gasteiger partial charge in [-0.3, -0.25) is 4.98 Å². The fourth-order valence-corrected chi connectivity index (χ4v) is 3.03. The number of rotatable bonds is 14. The first-order valence-corrected chi connectivity index (χ1v) is 10.3. The van der Waals surface area contributed by atoms with Crippen molar-refractivity contribution in [1.82, 2.24) is 4.98 Å². The quantitative estimate of drug-likeness (QED) is 0.317. The molecule has 0 fully saturated rings. The third kappa shape index (κ3) is 9.39. The van der Waals surface area contributed by atoms with Crippen LogP contribution >= 0.6 is 0 Å². The second kappa shape index (κ2) is 14.0. The zero-order valence-corrected chi connectivity index (χ0v) is 16.4. The summed E-state index contributed by atoms with van der Waals surface area (Å²) < 4.78 is 5.61. The summed E-state index contributed by atoms with van der Waals surface area (Å²) in [6, 6.07) is 14.3. The summed E-state index contributed by atoms with van der Waals surface area (Å²) in [6.07, 6.45) is 16.6. The molecule has 1 N–H and O–H groups in total. The molecule has 3 heteroatoms. The van der Waals surface area contributed by atoms with E-state index in [9.17, 15) is 0 Å². The summed E-state index contributed by atoms with van der Waals surface area (Å²) in [6.45, 7) is 1.13. The average Bonchev–Trinajstić information content (AvgIpc) is 2.72. The Kier molecular flexibility index (Phi) is 11.0. The first-order chi connectivity index (χ1) is 13.4. The van der Waals surface area contributed by atoms with Crippen LogP contribution in [0.3, 0.4) is 0 Å². The molecule has 1 aromatic heterocycles. The number of pyridine rings is 1. The summed E-state index contributed by atoms with van der Waals surface area (Å²) in [5.74, 6) is 0. The van der Waals surface area contributed by atoms with Crippen molar-refractivity contribution >= 4 is 6.08 Å². The van der Waals surface area contributed by atoms with Crippen molar-refractivity contribution in [3.8, 4) is 11.3 Å². The second-order valence-electron chi connectivity index (χ2n) is 6.92. The van der Waals surface area contributed by atoms with Crippen molar-refractivity contribution in [1.29, 1.82) is 0 Å². The number of hydrogen-bond acceptors (Lipinski definition) is 3. The van der Waals surface area contributed by atoms with Gasteiger partial charge < -0.3 is 9.84 Å². The second-order valence-corrected chi connectivity index (χ2v) is 6.92. The molecular formula is C24H33NO2. The van der Waals surface area contributed by atoms with Crippen LogP contribution in [-0.2, 0) is 4.74 Å². The molecule has 1 heterocycles. The Morgan fingerprint density at radius 3 is 2.07 bits per heavy atom.